The fourth-order valence-electron chi connectivity index (χ4n) is 1.61. The van der Waals surface area contributed by atoms with Gasteiger partial charge in [0.2, 0.25) is 0 Å². The number of halogens is 2. The Morgan fingerprint density at radius 2 is 2.00 bits per heavy atom. The van der Waals surface area contributed by atoms with Crippen LogP contribution in [-0.2, 0) is 5.60 Å². The van der Waals surface area contributed by atoms with Crippen LogP contribution in [0.3, 0.4) is 0 Å². The zero-order valence-corrected chi connectivity index (χ0v) is 11.9. The Hall–Kier alpha value is -0.280. The average molecular weight is 276 g/mol. The number of benzene rings is 1. The van der Waals surface area contributed by atoms with Crippen molar-refractivity contribution < 1.29 is 5.11 Å². The molecule has 0 bridgehead atoms. The molecule has 0 aliphatic carbocycles. The Kier molecular flexibility index (Phi) is 5.26. The van der Waals surface area contributed by atoms with Gasteiger partial charge in [-0.3, -0.25) is 0 Å². The molecule has 1 aromatic carbocycles. The molecule has 0 amide bonds. The van der Waals surface area contributed by atoms with E-state index in [-0.39, 0.29) is 0 Å². The van der Waals surface area contributed by atoms with Crippen molar-refractivity contribution in [3.8, 4) is 0 Å². The molecule has 0 aliphatic rings. The van der Waals surface area contributed by atoms with Crippen molar-refractivity contribution >= 4 is 23.2 Å². The molecule has 1 unspecified atom stereocenters. The van der Waals surface area contributed by atoms with Gasteiger partial charge in [0, 0.05) is 22.2 Å². The van der Waals surface area contributed by atoms with E-state index in [0.29, 0.717) is 28.1 Å². The minimum Gasteiger partial charge on any atom is -0.384 e. The van der Waals surface area contributed by atoms with Crippen LogP contribution in [0.2, 0.25) is 10.0 Å². The monoisotopic (exact) mass is 275 g/mol. The van der Waals surface area contributed by atoms with Gasteiger partial charge >= 0.3 is 0 Å². The first-order valence-corrected chi connectivity index (χ1v) is 6.47. The zero-order chi connectivity index (χ0) is 13.1. The van der Waals surface area contributed by atoms with Crippen LogP contribution in [0.25, 0.3) is 0 Å². The van der Waals surface area contributed by atoms with Crippen LogP contribution in [0.15, 0.2) is 18.2 Å². The van der Waals surface area contributed by atoms with Crippen molar-refractivity contribution in [2.45, 2.75) is 26.4 Å². The summed E-state index contributed by atoms with van der Waals surface area (Å²) < 4.78 is 0. The maximum Gasteiger partial charge on any atom is 0.101 e. The summed E-state index contributed by atoms with van der Waals surface area (Å²) in [5.74, 6) is 0.542. The van der Waals surface area contributed by atoms with E-state index < -0.39 is 5.60 Å². The predicted octanol–water partition coefficient (Wildman–Crippen LogP) is 3.45. The second-order valence-electron chi connectivity index (χ2n) is 4.92. The highest BCUT2D eigenvalue weighted by Crippen LogP contribution is 2.30. The van der Waals surface area contributed by atoms with Crippen molar-refractivity contribution in [3.63, 3.8) is 0 Å². The summed E-state index contributed by atoms with van der Waals surface area (Å²) in [5.41, 5.74) is -0.362. The van der Waals surface area contributed by atoms with Gasteiger partial charge < -0.3 is 10.4 Å². The lowest BCUT2D eigenvalue weighted by Crippen LogP contribution is -2.37. The van der Waals surface area contributed by atoms with E-state index in [0.717, 1.165) is 6.54 Å². The summed E-state index contributed by atoms with van der Waals surface area (Å²) in [5, 5.41) is 14.7. The third kappa shape index (κ3) is 4.47. The number of aliphatic hydroxyl groups is 1. The molecule has 0 radical (unpaired) electrons. The van der Waals surface area contributed by atoms with Crippen molar-refractivity contribution in [3.05, 3.63) is 33.8 Å². The lowest BCUT2D eigenvalue weighted by atomic mass is 9.95. The van der Waals surface area contributed by atoms with E-state index in [1.165, 1.54) is 0 Å². The minimum absolute atomic E-state index is 0.450. The normalized spacial score (nSPS) is 15.0. The lowest BCUT2D eigenvalue weighted by Gasteiger charge is -2.26. The largest absolute Gasteiger partial charge is 0.384 e. The molecule has 1 rings (SSSR count). The molecule has 0 spiro atoms. The first-order chi connectivity index (χ1) is 7.83. The van der Waals surface area contributed by atoms with Crippen LogP contribution in [-0.4, -0.2) is 18.2 Å². The summed E-state index contributed by atoms with van der Waals surface area (Å²) >= 11 is 12.0. The molecule has 1 aromatic rings. The number of hydrogen-bond acceptors (Lipinski definition) is 2. The highest BCUT2D eigenvalue weighted by Gasteiger charge is 2.25. The molecule has 17 heavy (non-hydrogen) atoms. The van der Waals surface area contributed by atoms with Crippen molar-refractivity contribution in [2.24, 2.45) is 5.92 Å². The summed E-state index contributed by atoms with van der Waals surface area (Å²) in [6.45, 7) is 7.28. The van der Waals surface area contributed by atoms with E-state index >= 15 is 0 Å². The fourth-order valence-corrected chi connectivity index (χ4v) is 2.10. The molecule has 0 aliphatic heterocycles. The topological polar surface area (TPSA) is 32.3 Å². The van der Waals surface area contributed by atoms with Crippen LogP contribution >= 0.6 is 23.2 Å². The molecule has 0 saturated heterocycles. The van der Waals surface area contributed by atoms with Gasteiger partial charge in [0.15, 0.2) is 0 Å². The highest BCUT2D eigenvalue weighted by molar-refractivity contribution is 6.33. The van der Waals surface area contributed by atoms with Gasteiger partial charge in [-0.1, -0.05) is 37.0 Å². The summed E-state index contributed by atoms with van der Waals surface area (Å²) in [4.78, 5) is 0. The van der Waals surface area contributed by atoms with Gasteiger partial charge in [-0.2, -0.15) is 0 Å². The highest BCUT2D eigenvalue weighted by atomic mass is 35.5. The van der Waals surface area contributed by atoms with Crippen LogP contribution in [0.1, 0.15) is 26.3 Å². The predicted molar refractivity (Wildman–Crippen MR) is 73.7 cm³/mol. The number of rotatable bonds is 5. The van der Waals surface area contributed by atoms with Gasteiger partial charge in [0.1, 0.15) is 5.60 Å². The smallest absolute Gasteiger partial charge is 0.101 e. The molecule has 2 nitrogen and oxygen atoms in total. The fraction of sp³-hybridized carbons (Fsp3) is 0.538. The molecule has 0 fully saturated rings. The van der Waals surface area contributed by atoms with E-state index in [1.54, 1.807) is 25.1 Å². The quantitative estimate of drug-likeness (QED) is 0.863. The Morgan fingerprint density at radius 1 is 1.35 bits per heavy atom. The van der Waals surface area contributed by atoms with E-state index in [4.69, 9.17) is 23.2 Å². The van der Waals surface area contributed by atoms with Gasteiger partial charge in [0.25, 0.3) is 0 Å². The summed E-state index contributed by atoms with van der Waals surface area (Å²) in [7, 11) is 0. The Bertz CT molecular complexity index is 378. The Morgan fingerprint density at radius 3 is 2.59 bits per heavy atom. The second-order valence-corrected chi connectivity index (χ2v) is 5.77. The Balaban J connectivity index is 2.77. The zero-order valence-electron chi connectivity index (χ0n) is 10.4. The third-order valence-corrected chi connectivity index (χ3v) is 3.10. The maximum absolute atomic E-state index is 10.4. The minimum atomic E-state index is -1.02. The maximum atomic E-state index is 10.4. The molecule has 0 aromatic heterocycles. The molecule has 4 heteroatoms. The number of hydrogen-bond donors (Lipinski definition) is 2. The van der Waals surface area contributed by atoms with Crippen LogP contribution in [0.4, 0.5) is 0 Å². The second kappa shape index (κ2) is 6.05. The molecule has 96 valence electrons. The first-order valence-electron chi connectivity index (χ1n) is 5.71. The SMILES string of the molecule is CC(C)CNCC(C)(O)c1cc(Cl)ccc1Cl. The van der Waals surface area contributed by atoms with Crippen LogP contribution < -0.4 is 5.32 Å². The molecular weight excluding hydrogens is 257 g/mol. The molecule has 0 heterocycles. The molecule has 2 N–H and O–H groups in total. The first kappa shape index (κ1) is 14.8. The van der Waals surface area contributed by atoms with Crippen molar-refractivity contribution in [1.82, 2.24) is 5.32 Å². The van der Waals surface area contributed by atoms with Gasteiger partial charge in [0.05, 0.1) is 0 Å². The molecular formula is C13H19Cl2NO. The van der Waals surface area contributed by atoms with E-state index in [1.807, 2.05) is 0 Å². The van der Waals surface area contributed by atoms with Gasteiger partial charge in [-0.05, 0) is 37.6 Å². The van der Waals surface area contributed by atoms with Gasteiger partial charge in [-0.25, -0.2) is 0 Å². The number of nitrogens with one attached hydrogen (secondary N) is 1. The average Bonchev–Trinajstić information content (AvgIpc) is 2.20. The molecule has 0 saturated carbocycles. The Labute approximate surface area is 113 Å². The molecule has 1 atom stereocenters. The third-order valence-electron chi connectivity index (χ3n) is 2.53. The van der Waals surface area contributed by atoms with Gasteiger partial charge in [-0.15, -0.1) is 0 Å². The standard InChI is InChI=1S/C13H19Cl2NO/c1-9(2)7-16-8-13(3,17)11-6-10(14)4-5-12(11)15/h4-6,9,16-17H,7-8H2,1-3H3. The van der Waals surface area contributed by atoms with Crippen LogP contribution in [0.5, 0.6) is 0 Å². The van der Waals surface area contributed by atoms with Crippen molar-refractivity contribution in [1.29, 1.82) is 0 Å². The summed E-state index contributed by atoms with van der Waals surface area (Å²) in [6, 6.07) is 5.13. The van der Waals surface area contributed by atoms with Crippen LogP contribution in [0, 0.1) is 5.92 Å². The lowest BCUT2D eigenvalue weighted by molar-refractivity contribution is 0.0565. The van der Waals surface area contributed by atoms with Crippen molar-refractivity contribution in [2.75, 3.05) is 13.1 Å². The van der Waals surface area contributed by atoms with E-state index in [9.17, 15) is 5.11 Å². The van der Waals surface area contributed by atoms with E-state index in [2.05, 4.69) is 19.2 Å². The summed E-state index contributed by atoms with van der Waals surface area (Å²) in [6.07, 6.45) is 0.